The Balaban J connectivity index is 0.000001000. The first-order valence-corrected chi connectivity index (χ1v) is 3.42. The van der Waals surface area contributed by atoms with Gasteiger partial charge in [-0.15, -0.1) is 0 Å². The average Bonchev–Trinajstić information content (AvgIpc) is 1.95. The van der Waals surface area contributed by atoms with Gasteiger partial charge >= 0.3 is 0 Å². The van der Waals surface area contributed by atoms with Crippen molar-refractivity contribution in [3.63, 3.8) is 0 Å². The molecule has 0 radical (unpaired) electrons. The summed E-state index contributed by atoms with van der Waals surface area (Å²) in [7, 11) is 1.61. The summed E-state index contributed by atoms with van der Waals surface area (Å²) in [5.74, 6) is 0.738. The first-order chi connectivity index (χ1) is 4.75. The van der Waals surface area contributed by atoms with Crippen molar-refractivity contribution in [2.24, 2.45) is 0 Å². The number of methoxy groups -OCH3 is 1. The first-order valence-electron chi connectivity index (χ1n) is 3.05. The molecule has 0 unspecified atom stereocenters. The van der Waals surface area contributed by atoms with Crippen LogP contribution in [0.15, 0.2) is 18.2 Å². The number of ether oxygens (including phenoxy) is 1. The van der Waals surface area contributed by atoms with Crippen LogP contribution in [0.25, 0.3) is 0 Å². The molecule has 1 aromatic rings. The van der Waals surface area contributed by atoms with Crippen LogP contribution in [0.1, 0.15) is 5.56 Å². The predicted molar refractivity (Wildman–Crippen MR) is 46.4 cm³/mol. The molecule has 2 nitrogen and oxygen atoms in total. The minimum Gasteiger partial charge on any atom is -0.495 e. The second-order valence-electron chi connectivity index (χ2n) is 2.09. The van der Waals surface area contributed by atoms with E-state index in [0.717, 1.165) is 11.3 Å². The van der Waals surface area contributed by atoms with E-state index in [1.807, 2.05) is 25.1 Å². The summed E-state index contributed by atoms with van der Waals surface area (Å²) >= 11 is 5.87. The summed E-state index contributed by atoms with van der Waals surface area (Å²) in [4.78, 5) is 0. The smallest absolute Gasteiger partial charge is 0.137 e. The molecule has 0 saturated carbocycles. The fourth-order valence-corrected chi connectivity index (χ4v) is 0.981. The zero-order valence-electron chi connectivity index (χ0n) is 6.52. The zero-order chi connectivity index (χ0) is 7.56. The molecule has 1 rings (SSSR count). The van der Waals surface area contributed by atoms with Crippen molar-refractivity contribution in [2.75, 3.05) is 7.11 Å². The zero-order valence-corrected chi connectivity index (χ0v) is 7.27. The summed E-state index contributed by atoms with van der Waals surface area (Å²) in [6.45, 7) is 1.95. The number of hydrogen-bond acceptors (Lipinski definition) is 1. The lowest BCUT2D eigenvalue weighted by molar-refractivity contribution is 0.414. The van der Waals surface area contributed by atoms with Crippen molar-refractivity contribution in [3.05, 3.63) is 28.8 Å². The summed E-state index contributed by atoms with van der Waals surface area (Å²) in [6.07, 6.45) is 0. The van der Waals surface area contributed by atoms with E-state index in [1.165, 1.54) is 0 Å². The highest BCUT2D eigenvalue weighted by atomic mass is 35.5. The predicted octanol–water partition coefficient (Wildman–Crippen LogP) is 1.83. The van der Waals surface area contributed by atoms with Gasteiger partial charge < -0.3 is 10.2 Å². The number of aryl methyl sites for hydroxylation is 1. The van der Waals surface area contributed by atoms with E-state index in [4.69, 9.17) is 16.3 Å². The molecule has 2 N–H and O–H groups in total. The number of rotatable bonds is 1. The molecule has 0 bridgehead atoms. The molecule has 0 aromatic heterocycles. The van der Waals surface area contributed by atoms with Gasteiger partial charge in [-0.3, -0.25) is 0 Å². The standard InChI is InChI=1S/C8H9ClO.H2O/c1-6-4-3-5-7(10-2)8(6)9;/h3-5H,1-2H3;1H2. The van der Waals surface area contributed by atoms with E-state index in [9.17, 15) is 0 Å². The number of benzene rings is 1. The van der Waals surface area contributed by atoms with Gasteiger partial charge in [0.15, 0.2) is 0 Å². The minimum atomic E-state index is 0. The molecule has 0 aliphatic rings. The van der Waals surface area contributed by atoms with E-state index in [0.29, 0.717) is 5.02 Å². The highest BCUT2D eigenvalue weighted by Crippen LogP contribution is 2.26. The van der Waals surface area contributed by atoms with E-state index in [-0.39, 0.29) is 5.48 Å². The Bertz CT molecular complexity index is 236. The molecular formula is C8H11ClO2. The Morgan fingerprint density at radius 1 is 1.36 bits per heavy atom. The third-order valence-corrected chi connectivity index (χ3v) is 1.86. The second-order valence-corrected chi connectivity index (χ2v) is 2.47. The van der Waals surface area contributed by atoms with Crippen molar-refractivity contribution in [1.29, 1.82) is 0 Å². The van der Waals surface area contributed by atoms with E-state index in [2.05, 4.69) is 0 Å². The topological polar surface area (TPSA) is 40.7 Å². The molecule has 0 aliphatic carbocycles. The van der Waals surface area contributed by atoms with Gasteiger partial charge in [0.1, 0.15) is 5.75 Å². The summed E-state index contributed by atoms with van der Waals surface area (Å²) in [6, 6.07) is 5.71. The van der Waals surface area contributed by atoms with E-state index >= 15 is 0 Å². The molecule has 3 heteroatoms. The maximum Gasteiger partial charge on any atom is 0.137 e. The van der Waals surface area contributed by atoms with Gasteiger partial charge in [-0.2, -0.15) is 0 Å². The Kier molecular flexibility index (Phi) is 3.93. The van der Waals surface area contributed by atoms with Gasteiger partial charge in [-0.05, 0) is 18.6 Å². The van der Waals surface area contributed by atoms with Crippen LogP contribution in [0.2, 0.25) is 5.02 Å². The molecule has 0 amide bonds. The third kappa shape index (κ3) is 2.10. The van der Waals surface area contributed by atoms with Gasteiger partial charge in [0.05, 0.1) is 12.1 Å². The fraction of sp³-hybridized carbons (Fsp3) is 0.250. The van der Waals surface area contributed by atoms with Crippen molar-refractivity contribution in [1.82, 2.24) is 0 Å². The first kappa shape index (κ1) is 10.3. The highest BCUT2D eigenvalue weighted by molar-refractivity contribution is 6.32. The monoisotopic (exact) mass is 174 g/mol. The summed E-state index contributed by atoms with van der Waals surface area (Å²) < 4.78 is 4.99. The van der Waals surface area contributed by atoms with Crippen molar-refractivity contribution in [2.45, 2.75) is 6.92 Å². The molecule has 0 heterocycles. The van der Waals surface area contributed by atoms with Crippen molar-refractivity contribution < 1.29 is 10.2 Å². The summed E-state index contributed by atoms with van der Waals surface area (Å²) in [5.41, 5.74) is 1.04. The quantitative estimate of drug-likeness (QED) is 0.641. The normalized spacial score (nSPS) is 8.64. The molecule has 0 fully saturated rings. The molecule has 11 heavy (non-hydrogen) atoms. The Hall–Kier alpha value is -0.730. The van der Waals surface area contributed by atoms with E-state index in [1.54, 1.807) is 7.11 Å². The maximum atomic E-state index is 5.87. The fourth-order valence-electron chi connectivity index (χ4n) is 0.778. The van der Waals surface area contributed by atoms with Gasteiger partial charge in [0, 0.05) is 0 Å². The van der Waals surface area contributed by atoms with Crippen molar-refractivity contribution >= 4 is 11.6 Å². The lowest BCUT2D eigenvalue weighted by Crippen LogP contribution is -1.84. The van der Waals surface area contributed by atoms with Crippen LogP contribution < -0.4 is 4.74 Å². The van der Waals surface area contributed by atoms with Gasteiger partial charge in [-0.25, -0.2) is 0 Å². The SMILES string of the molecule is COc1cccc(C)c1Cl.O. The van der Waals surface area contributed by atoms with Crippen molar-refractivity contribution in [3.8, 4) is 5.75 Å². The highest BCUT2D eigenvalue weighted by Gasteiger charge is 1.99. The summed E-state index contributed by atoms with van der Waals surface area (Å²) in [5, 5.41) is 0.699. The Morgan fingerprint density at radius 2 is 2.00 bits per heavy atom. The van der Waals surface area contributed by atoms with Gasteiger partial charge in [0.25, 0.3) is 0 Å². The van der Waals surface area contributed by atoms with Crippen LogP contribution >= 0.6 is 11.6 Å². The number of hydrogen-bond donors (Lipinski definition) is 0. The van der Waals surface area contributed by atoms with Crippen LogP contribution in [-0.2, 0) is 0 Å². The lowest BCUT2D eigenvalue weighted by atomic mass is 10.2. The second kappa shape index (κ2) is 4.21. The molecule has 62 valence electrons. The van der Waals surface area contributed by atoms with E-state index < -0.39 is 0 Å². The lowest BCUT2D eigenvalue weighted by Gasteiger charge is -2.03. The van der Waals surface area contributed by atoms with Crippen LogP contribution in [0, 0.1) is 6.92 Å². The largest absolute Gasteiger partial charge is 0.495 e. The third-order valence-electron chi connectivity index (χ3n) is 1.38. The molecule has 0 aliphatic heterocycles. The maximum absolute atomic E-state index is 5.87. The Labute approximate surface area is 71.1 Å². The molecular weight excluding hydrogens is 164 g/mol. The van der Waals surface area contributed by atoms with Crippen LogP contribution in [0.3, 0.4) is 0 Å². The number of halogens is 1. The van der Waals surface area contributed by atoms with Gasteiger partial charge in [-0.1, -0.05) is 23.7 Å². The van der Waals surface area contributed by atoms with Crippen LogP contribution in [-0.4, -0.2) is 12.6 Å². The minimum absolute atomic E-state index is 0. The average molecular weight is 175 g/mol. The molecule has 1 aromatic carbocycles. The van der Waals surface area contributed by atoms with Crippen LogP contribution in [0.5, 0.6) is 5.75 Å². The van der Waals surface area contributed by atoms with Gasteiger partial charge in [0.2, 0.25) is 0 Å². The molecule has 0 saturated heterocycles. The van der Waals surface area contributed by atoms with Crippen LogP contribution in [0.4, 0.5) is 0 Å². The molecule has 0 spiro atoms. The Morgan fingerprint density at radius 3 is 2.45 bits per heavy atom. The molecule has 0 atom stereocenters.